The van der Waals surface area contributed by atoms with Crippen LogP contribution in [0, 0.1) is 5.82 Å². The van der Waals surface area contributed by atoms with Gasteiger partial charge in [0.15, 0.2) is 11.5 Å². The van der Waals surface area contributed by atoms with Gasteiger partial charge in [-0.15, -0.1) is 0 Å². The number of rotatable bonds is 4. The molecule has 1 N–H and O–H groups in total. The maximum absolute atomic E-state index is 13.8. The van der Waals surface area contributed by atoms with Gasteiger partial charge in [-0.1, -0.05) is 30.3 Å². The maximum atomic E-state index is 13.8. The van der Waals surface area contributed by atoms with Crippen LogP contribution in [0.15, 0.2) is 42.5 Å². The van der Waals surface area contributed by atoms with Gasteiger partial charge < -0.3 is 14.8 Å². The Balaban J connectivity index is 1.72. The van der Waals surface area contributed by atoms with E-state index in [0.29, 0.717) is 25.3 Å². The molecule has 0 spiro atoms. The molecule has 110 valence electrons. The highest BCUT2D eigenvalue weighted by Crippen LogP contribution is 2.33. The van der Waals surface area contributed by atoms with Crippen molar-refractivity contribution in [1.29, 1.82) is 0 Å². The molecule has 21 heavy (non-hydrogen) atoms. The molecule has 0 aliphatic carbocycles. The lowest BCUT2D eigenvalue weighted by Crippen LogP contribution is -2.21. The highest BCUT2D eigenvalue weighted by molar-refractivity contribution is 5.47. The van der Waals surface area contributed by atoms with Crippen molar-refractivity contribution >= 4 is 0 Å². The van der Waals surface area contributed by atoms with Gasteiger partial charge in [0.1, 0.15) is 19.0 Å². The third kappa shape index (κ3) is 3.00. The quantitative estimate of drug-likeness (QED) is 0.934. The van der Waals surface area contributed by atoms with Gasteiger partial charge in [-0.05, 0) is 19.1 Å². The fourth-order valence-corrected chi connectivity index (χ4v) is 2.47. The number of hydrogen-bond donors (Lipinski definition) is 1. The van der Waals surface area contributed by atoms with Crippen molar-refractivity contribution in [2.24, 2.45) is 0 Å². The molecule has 4 heteroatoms. The molecule has 3 nitrogen and oxygen atoms in total. The molecule has 0 saturated carbocycles. The first kappa shape index (κ1) is 13.9. The molecule has 1 atom stereocenters. The summed E-state index contributed by atoms with van der Waals surface area (Å²) < 4.78 is 25.0. The highest BCUT2D eigenvalue weighted by atomic mass is 19.1. The van der Waals surface area contributed by atoms with E-state index in [4.69, 9.17) is 9.47 Å². The fourth-order valence-electron chi connectivity index (χ4n) is 2.47. The SMILES string of the molecule is C[C@@H](NCc1cccc2c1OCCO2)c1ccccc1F. The summed E-state index contributed by atoms with van der Waals surface area (Å²) >= 11 is 0. The molecule has 2 aromatic carbocycles. The Kier molecular flexibility index (Phi) is 4.06. The standard InChI is InChI=1S/C17H18FNO2/c1-12(14-6-2-3-7-15(14)18)19-11-13-5-4-8-16-17(13)21-10-9-20-16/h2-8,12,19H,9-11H2,1H3/t12-/m1/s1. The number of hydrogen-bond acceptors (Lipinski definition) is 3. The Hall–Kier alpha value is -2.07. The van der Waals surface area contributed by atoms with Crippen molar-refractivity contribution in [3.8, 4) is 11.5 Å². The normalized spacial score (nSPS) is 14.8. The summed E-state index contributed by atoms with van der Waals surface area (Å²) in [5.74, 6) is 1.38. The van der Waals surface area contributed by atoms with Crippen LogP contribution < -0.4 is 14.8 Å². The first-order valence-corrected chi connectivity index (χ1v) is 7.11. The van der Waals surface area contributed by atoms with Crippen molar-refractivity contribution in [2.45, 2.75) is 19.5 Å². The average molecular weight is 287 g/mol. The van der Waals surface area contributed by atoms with Crippen LogP contribution in [0.4, 0.5) is 4.39 Å². The summed E-state index contributed by atoms with van der Waals surface area (Å²) in [5.41, 5.74) is 1.69. The van der Waals surface area contributed by atoms with Gasteiger partial charge in [0.2, 0.25) is 0 Å². The molecule has 0 fully saturated rings. The minimum absolute atomic E-state index is 0.0773. The topological polar surface area (TPSA) is 30.5 Å². The Labute approximate surface area is 123 Å². The summed E-state index contributed by atoms with van der Waals surface area (Å²) in [6, 6.07) is 12.6. The van der Waals surface area contributed by atoms with E-state index >= 15 is 0 Å². The zero-order valence-corrected chi connectivity index (χ0v) is 11.9. The summed E-state index contributed by atoms with van der Waals surface area (Å²) in [4.78, 5) is 0. The predicted molar refractivity (Wildman–Crippen MR) is 79.1 cm³/mol. The molecular formula is C17H18FNO2. The van der Waals surface area contributed by atoms with Crippen LogP contribution in [0.3, 0.4) is 0 Å². The summed E-state index contributed by atoms with van der Waals surface area (Å²) in [7, 11) is 0. The lowest BCUT2D eigenvalue weighted by molar-refractivity contribution is 0.169. The Morgan fingerprint density at radius 2 is 1.90 bits per heavy atom. The van der Waals surface area contributed by atoms with Gasteiger partial charge in [0.05, 0.1) is 0 Å². The van der Waals surface area contributed by atoms with Crippen molar-refractivity contribution < 1.29 is 13.9 Å². The number of ether oxygens (including phenoxy) is 2. The van der Waals surface area contributed by atoms with Gasteiger partial charge in [-0.2, -0.15) is 0 Å². The van der Waals surface area contributed by atoms with Gasteiger partial charge >= 0.3 is 0 Å². The maximum Gasteiger partial charge on any atom is 0.165 e. The molecule has 0 bridgehead atoms. The number of nitrogens with one attached hydrogen (secondary N) is 1. The number of fused-ring (bicyclic) bond motifs is 1. The molecule has 1 aliphatic rings. The second-order valence-corrected chi connectivity index (χ2v) is 5.07. The molecule has 1 heterocycles. The largest absolute Gasteiger partial charge is 0.486 e. The van der Waals surface area contributed by atoms with Gasteiger partial charge in [-0.3, -0.25) is 0 Å². The average Bonchev–Trinajstić information content (AvgIpc) is 2.53. The lowest BCUT2D eigenvalue weighted by Gasteiger charge is -2.22. The zero-order valence-electron chi connectivity index (χ0n) is 11.9. The minimum Gasteiger partial charge on any atom is -0.486 e. The molecule has 0 unspecified atom stereocenters. The second-order valence-electron chi connectivity index (χ2n) is 5.07. The van der Waals surface area contributed by atoms with Gasteiger partial charge in [0.25, 0.3) is 0 Å². The third-order valence-electron chi connectivity index (χ3n) is 3.62. The lowest BCUT2D eigenvalue weighted by atomic mass is 10.1. The van der Waals surface area contributed by atoms with Crippen molar-refractivity contribution in [3.05, 3.63) is 59.4 Å². The molecule has 0 amide bonds. The monoisotopic (exact) mass is 287 g/mol. The molecule has 1 aliphatic heterocycles. The molecule has 0 radical (unpaired) electrons. The fraction of sp³-hybridized carbons (Fsp3) is 0.294. The van der Waals surface area contributed by atoms with Crippen molar-refractivity contribution in [1.82, 2.24) is 5.32 Å². The first-order chi connectivity index (χ1) is 10.3. The molecule has 0 aromatic heterocycles. The van der Waals surface area contributed by atoms with Crippen LogP contribution in [0.2, 0.25) is 0 Å². The van der Waals surface area contributed by atoms with E-state index in [9.17, 15) is 4.39 Å². The van der Waals surface area contributed by atoms with Crippen LogP contribution in [-0.4, -0.2) is 13.2 Å². The summed E-state index contributed by atoms with van der Waals surface area (Å²) in [5, 5.41) is 3.33. The Bertz CT molecular complexity index is 630. The molecule has 2 aromatic rings. The number of halogens is 1. The van der Waals surface area contributed by atoms with Crippen molar-refractivity contribution in [3.63, 3.8) is 0 Å². The van der Waals surface area contributed by atoms with Crippen LogP contribution in [0.25, 0.3) is 0 Å². The molecular weight excluding hydrogens is 269 g/mol. The van der Waals surface area contributed by atoms with Crippen LogP contribution in [0.1, 0.15) is 24.1 Å². The van der Waals surface area contributed by atoms with E-state index in [0.717, 1.165) is 17.1 Å². The van der Waals surface area contributed by atoms with E-state index in [2.05, 4.69) is 5.32 Å². The second kappa shape index (κ2) is 6.14. The van der Waals surface area contributed by atoms with E-state index < -0.39 is 0 Å². The van der Waals surface area contributed by atoms with Crippen molar-refractivity contribution in [2.75, 3.05) is 13.2 Å². The summed E-state index contributed by atoms with van der Waals surface area (Å²) in [6.45, 7) is 3.69. The zero-order chi connectivity index (χ0) is 14.7. The smallest absolute Gasteiger partial charge is 0.165 e. The van der Waals surface area contributed by atoms with Crippen LogP contribution in [0.5, 0.6) is 11.5 Å². The van der Waals surface area contributed by atoms with Gasteiger partial charge in [0, 0.05) is 23.7 Å². The Morgan fingerprint density at radius 3 is 2.76 bits per heavy atom. The summed E-state index contributed by atoms with van der Waals surface area (Å²) in [6.07, 6.45) is 0. The minimum atomic E-state index is -0.188. The predicted octanol–water partition coefficient (Wildman–Crippen LogP) is 3.45. The van der Waals surface area contributed by atoms with Gasteiger partial charge in [-0.25, -0.2) is 4.39 Å². The highest BCUT2D eigenvalue weighted by Gasteiger charge is 2.16. The van der Waals surface area contributed by atoms with E-state index in [-0.39, 0.29) is 11.9 Å². The van der Waals surface area contributed by atoms with E-state index in [1.54, 1.807) is 12.1 Å². The first-order valence-electron chi connectivity index (χ1n) is 7.11. The van der Waals surface area contributed by atoms with E-state index in [1.807, 2.05) is 31.2 Å². The molecule has 0 saturated heterocycles. The number of benzene rings is 2. The third-order valence-corrected chi connectivity index (χ3v) is 3.62. The van der Waals surface area contributed by atoms with Crippen LogP contribution >= 0.6 is 0 Å². The number of para-hydroxylation sites is 1. The van der Waals surface area contributed by atoms with E-state index in [1.165, 1.54) is 6.07 Å². The Morgan fingerprint density at radius 1 is 1.10 bits per heavy atom. The van der Waals surface area contributed by atoms with Crippen LogP contribution in [-0.2, 0) is 6.54 Å². The molecule has 3 rings (SSSR count).